The lowest BCUT2D eigenvalue weighted by Gasteiger charge is -2.42. The fourth-order valence-electron chi connectivity index (χ4n) is 1.82. The van der Waals surface area contributed by atoms with E-state index in [1.54, 1.807) is 0 Å². The molecular weight excluding hydrogens is 336 g/mol. The number of nitrogens with two attached hydrogens (primary N) is 1. The summed E-state index contributed by atoms with van der Waals surface area (Å²) in [5.74, 6) is 0. The minimum Gasteiger partial charge on any atom is -0.376 e. The zero-order valence-corrected chi connectivity index (χ0v) is 12.5. The molecule has 0 aliphatic carbocycles. The van der Waals surface area contributed by atoms with Crippen molar-refractivity contribution in [2.24, 2.45) is 5.73 Å². The summed E-state index contributed by atoms with van der Waals surface area (Å²) in [7, 11) is -8.62. The average molecular weight is 353 g/mol. The van der Waals surface area contributed by atoms with Gasteiger partial charge in [0.1, 0.15) is 18.3 Å². The smallest absolute Gasteiger partial charge is 0.376 e. The monoisotopic (exact) mass is 353 g/mol. The van der Waals surface area contributed by atoms with Gasteiger partial charge in [0, 0.05) is 7.11 Å². The van der Waals surface area contributed by atoms with Crippen molar-refractivity contribution in [1.29, 1.82) is 0 Å². The predicted octanol–water partition coefficient (Wildman–Crippen LogP) is -2.37. The minimum atomic E-state index is -4.95. The molecule has 1 fully saturated rings. The number of phosphoric ester groups is 2. The van der Waals surface area contributed by atoms with Gasteiger partial charge in [-0.15, -0.1) is 0 Å². The molecule has 0 aromatic rings. The summed E-state index contributed by atoms with van der Waals surface area (Å²) in [4.78, 5) is 34.9. The van der Waals surface area contributed by atoms with E-state index in [0.29, 0.717) is 0 Å². The molecule has 7 N–H and O–H groups in total. The van der Waals surface area contributed by atoms with Gasteiger partial charge in [0.2, 0.25) is 0 Å². The third-order valence-electron chi connectivity index (χ3n) is 2.65. The van der Waals surface area contributed by atoms with E-state index in [2.05, 4.69) is 9.05 Å². The third-order valence-corrected chi connectivity index (χ3v) is 3.65. The van der Waals surface area contributed by atoms with Crippen molar-refractivity contribution in [3.05, 3.63) is 0 Å². The predicted molar refractivity (Wildman–Crippen MR) is 64.6 cm³/mol. The van der Waals surface area contributed by atoms with Crippen molar-refractivity contribution < 1.29 is 52.3 Å². The Morgan fingerprint density at radius 1 is 1.14 bits per heavy atom. The molecule has 1 saturated heterocycles. The Bertz CT molecular complexity index is 434. The number of ether oxygens (including phenoxy) is 2. The van der Waals surface area contributed by atoms with Gasteiger partial charge in [-0.25, -0.2) is 9.13 Å². The van der Waals surface area contributed by atoms with Crippen molar-refractivity contribution in [3.8, 4) is 0 Å². The van der Waals surface area contributed by atoms with E-state index in [4.69, 9.17) is 34.8 Å². The highest BCUT2D eigenvalue weighted by molar-refractivity contribution is 7.46. The molecule has 1 rings (SSSR count). The molecule has 21 heavy (non-hydrogen) atoms. The molecule has 12 nitrogen and oxygen atoms in total. The largest absolute Gasteiger partial charge is 0.470 e. The van der Waals surface area contributed by atoms with E-state index >= 15 is 0 Å². The Labute approximate surface area is 119 Å². The van der Waals surface area contributed by atoms with Crippen molar-refractivity contribution in [2.75, 3.05) is 13.7 Å². The van der Waals surface area contributed by atoms with Gasteiger partial charge in [-0.1, -0.05) is 0 Å². The Morgan fingerprint density at radius 3 is 2.14 bits per heavy atom. The maximum absolute atomic E-state index is 10.9. The molecule has 0 spiro atoms. The van der Waals surface area contributed by atoms with Crippen LogP contribution in [0.4, 0.5) is 0 Å². The second-order valence-corrected chi connectivity index (χ2v) is 6.62. The first-order chi connectivity index (χ1) is 9.44. The van der Waals surface area contributed by atoms with E-state index in [0.717, 1.165) is 7.11 Å². The van der Waals surface area contributed by atoms with Gasteiger partial charge in [-0.3, -0.25) is 9.05 Å². The fraction of sp³-hybridized carbons (Fsp3) is 1.00. The quantitative estimate of drug-likeness (QED) is 0.278. The molecule has 0 amide bonds. The number of methoxy groups -OCH3 is 1. The molecule has 14 heteroatoms. The van der Waals surface area contributed by atoms with Crippen molar-refractivity contribution in [1.82, 2.24) is 0 Å². The number of aliphatic hydroxyl groups is 1. The zero-order valence-electron chi connectivity index (χ0n) is 10.8. The second kappa shape index (κ2) is 7.09. The van der Waals surface area contributed by atoms with E-state index in [9.17, 15) is 14.2 Å². The number of aliphatic hydroxyl groups excluding tert-OH is 1. The topological polar surface area (TPSA) is 198 Å². The molecular formula is C7H17NO11P2. The van der Waals surface area contributed by atoms with Crippen LogP contribution in [-0.4, -0.2) is 69.0 Å². The summed E-state index contributed by atoms with van der Waals surface area (Å²) in [6.45, 7) is -0.715. The van der Waals surface area contributed by atoms with E-state index in [1.165, 1.54) is 0 Å². The van der Waals surface area contributed by atoms with Crippen LogP contribution in [-0.2, 0) is 27.7 Å². The summed E-state index contributed by atoms with van der Waals surface area (Å²) in [6, 6.07) is -1.35. The molecule has 1 aliphatic rings. The summed E-state index contributed by atoms with van der Waals surface area (Å²) in [6.07, 6.45) is -5.68. The van der Waals surface area contributed by atoms with Crippen LogP contribution in [0, 0.1) is 0 Å². The van der Waals surface area contributed by atoms with Gasteiger partial charge in [0.15, 0.2) is 6.29 Å². The van der Waals surface area contributed by atoms with E-state index in [1.807, 2.05) is 0 Å². The first-order valence-corrected chi connectivity index (χ1v) is 8.56. The molecule has 1 aliphatic heterocycles. The maximum atomic E-state index is 10.9. The van der Waals surface area contributed by atoms with Gasteiger partial charge in [0.05, 0.1) is 12.6 Å². The molecule has 126 valence electrons. The fourth-order valence-corrected chi connectivity index (χ4v) is 2.74. The number of hydrogen-bond acceptors (Lipinski definition) is 8. The van der Waals surface area contributed by atoms with Crippen LogP contribution in [0.3, 0.4) is 0 Å². The van der Waals surface area contributed by atoms with Crippen LogP contribution in [0.25, 0.3) is 0 Å². The first kappa shape index (κ1) is 19.1. The summed E-state index contributed by atoms with van der Waals surface area (Å²) < 4.78 is 40.1. The Hall–Kier alpha value is 0.0600. The van der Waals surface area contributed by atoms with Crippen molar-refractivity contribution >= 4 is 15.6 Å². The number of phosphoric acid groups is 2. The van der Waals surface area contributed by atoms with Gasteiger partial charge in [0.25, 0.3) is 0 Å². The average Bonchev–Trinajstić information content (AvgIpc) is 2.30. The maximum Gasteiger partial charge on any atom is 0.470 e. The highest BCUT2D eigenvalue weighted by atomic mass is 31.2. The molecule has 0 bridgehead atoms. The zero-order chi connectivity index (χ0) is 16.4. The first-order valence-electron chi connectivity index (χ1n) is 5.50. The molecule has 0 radical (unpaired) electrons. The summed E-state index contributed by atoms with van der Waals surface area (Å²) >= 11 is 0. The Morgan fingerprint density at radius 2 is 1.71 bits per heavy atom. The standard InChI is InChI=1S/C7H17NO11P2/c1-16-5-3(2-17-20(10,11)12)18-7(9)4(8)6(5)19-21(13,14)15/h3-7,9H,2,8H2,1H3,(H2,10,11,12)(H2,13,14,15)/t3?,4?,5-,6?,7-/m1/s1. The molecule has 0 saturated carbocycles. The Kier molecular flexibility index (Phi) is 6.45. The molecule has 3 unspecified atom stereocenters. The molecule has 0 aromatic heterocycles. The van der Waals surface area contributed by atoms with Crippen LogP contribution in [0.2, 0.25) is 0 Å². The Balaban J connectivity index is 2.89. The lowest BCUT2D eigenvalue weighted by molar-refractivity contribution is -0.250. The molecule has 5 atom stereocenters. The minimum absolute atomic E-state index is 0.715. The van der Waals surface area contributed by atoms with Crippen LogP contribution >= 0.6 is 15.6 Å². The lowest BCUT2D eigenvalue weighted by Crippen LogP contribution is -2.63. The van der Waals surface area contributed by atoms with Crippen LogP contribution in [0.15, 0.2) is 0 Å². The third kappa shape index (κ3) is 5.99. The second-order valence-electron chi connectivity index (χ2n) is 4.19. The molecule has 0 aromatic carbocycles. The highest BCUT2D eigenvalue weighted by Gasteiger charge is 2.48. The van der Waals surface area contributed by atoms with E-state index in [-0.39, 0.29) is 0 Å². The number of rotatable bonds is 6. The van der Waals surface area contributed by atoms with Gasteiger partial charge >= 0.3 is 15.6 Å². The summed E-state index contributed by atoms with van der Waals surface area (Å²) in [5, 5.41) is 9.57. The van der Waals surface area contributed by atoms with Gasteiger partial charge in [-0.05, 0) is 0 Å². The summed E-state index contributed by atoms with van der Waals surface area (Å²) in [5.41, 5.74) is 5.52. The highest BCUT2D eigenvalue weighted by Crippen LogP contribution is 2.42. The lowest BCUT2D eigenvalue weighted by atomic mass is 9.98. The van der Waals surface area contributed by atoms with Gasteiger partial charge in [-0.2, -0.15) is 0 Å². The number of hydrogen-bond donors (Lipinski definition) is 6. The van der Waals surface area contributed by atoms with Crippen LogP contribution in [0.5, 0.6) is 0 Å². The van der Waals surface area contributed by atoms with Crippen LogP contribution in [0.1, 0.15) is 0 Å². The van der Waals surface area contributed by atoms with Crippen molar-refractivity contribution in [2.45, 2.75) is 30.6 Å². The van der Waals surface area contributed by atoms with E-state index < -0.39 is 52.9 Å². The van der Waals surface area contributed by atoms with Crippen LogP contribution < -0.4 is 5.73 Å². The molecule has 1 heterocycles. The van der Waals surface area contributed by atoms with Crippen molar-refractivity contribution in [3.63, 3.8) is 0 Å². The van der Waals surface area contributed by atoms with Gasteiger partial charge < -0.3 is 39.9 Å². The normalized spacial score (nSPS) is 34.9. The SMILES string of the molecule is CO[C@@H]1C(COP(=O)(O)O)O[C@@H](O)C(N)C1OP(=O)(O)O.